The lowest BCUT2D eigenvalue weighted by Crippen LogP contribution is -2.44. The summed E-state index contributed by atoms with van der Waals surface area (Å²) in [4.78, 5) is 35.5. The van der Waals surface area contributed by atoms with Gasteiger partial charge in [-0.05, 0) is 30.7 Å². The fraction of sp³-hybridized carbons (Fsp3) is 0.348. The number of carbonyl (C=O) groups excluding carboxylic acids is 1. The molecule has 9 nitrogen and oxygen atoms in total. The summed E-state index contributed by atoms with van der Waals surface area (Å²) >= 11 is 0. The van der Waals surface area contributed by atoms with Crippen molar-refractivity contribution >= 4 is 16.9 Å². The highest BCUT2D eigenvalue weighted by Gasteiger charge is 2.45. The first-order valence-corrected chi connectivity index (χ1v) is 10.3. The van der Waals surface area contributed by atoms with Gasteiger partial charge in [0.1, 0.15) is 12.4 Å². The maximum atomic E-state index is 13.3. The molecule has 5 rings (SSSR count). The zero-order chi connectivity index (χ0) is 22.8. The van der Waals surface area contributed by atoms with E-state index in [4.69, 9.17) is 14.6 Å². The summed E-state index contributed by atoms with van der Waals surface area (Å²) in [5, 5.41) is 23.8. The Morgan fingerprint density at radius 3 is 2.81 bits per heavy atom. The Kier molecular flexibility index (Phi) is 4.59. The van der Waals surface area contributed by atoms with Crippen LogP contribution in [0.15, 0.2) is 29.1 Å². The maximum Gasteiger partial charge on any atom is 0.343 e. The topological polar surface area (TPSA) is 114 Å². The summed E-state index contributed by atoms with van der Waals surface area (Å²) in [6.07, 6.45) is 0.0926. The number of aromatic nitrogens is 2. The summed E-state index contributed by atoms with van der Waals surface area (Å²) in [7, 11) is 3.31. The lowest BCUT2D eigenvalue weighted by atomic mass is 9.86. The minimum atomic E-state index is -1.86. The molecular formula is C23H23N3O6. The van der Waals surface area contributed by atoms with Gasteiger partial charge in [-0.15, -0.1) is 0 Å². The van der Waals surface area contributed by atoms with E-state index >= 15 is 0 Å². The van der Waals surface area contributed by atoms with Crippen molar-refractivity contribution in [3.8, 4) is 17.1 Å². The van der Waals surface area contributed by atoms with Crippen LogP contribution in [-0.4, -0.2) is 45.0 Å². The number of hydroxylamine groups is 2. The maximum absolute atomic E-state index is 13.3. The van der Waals surface area contributed by atoms with Gasteiger partial charge in [0.25, 0.3) is 5.56 Å². The summed E-state index contributed by atoms with van der Waals surface area (Å²) in [6, 6.07) is 6.92. The van der Waals surface area contributed by atoms with Crippen LogP contribution in [0.1, 0.15) is 35.6 Å². The highest BCUT2D eigenvalue weighted by atomic mass is 16.7. The third-order valence-electron chi connectivity index (χ3n) is 6.47. The first kappa shape index (κ1) is 20.6. The Bertz CT molecular complexity index is 1350. The third kappa shape index (κ3) is 2.78. The summed E-state index contributed by atoms with van der Waals surface area (Å²) in [5.74, 6) is -0.612. The number of cyclic esters (lactones) is 1. The molecule has 1 aromatic carbocycles. The zero-order valence-electron chi connectivity index (χ0n) is 18.0. The van der Waals surface area contributed by atoms with Gasteiger partial charge in [0.05, 0.1) is 42.7 Å². The Morgan fingerprint density at radius 2 is 2.09 bits per heavy atom. The number of fused-ring (bicyclic) bond motifs is 5. The molecule has 2 aliphatic rings. The average molecular weight is 437 g/mol. The second kappa shape index (κ2) is 7.13. The Balaban J connectivity index is 1.72. The van der Waals surface area contributed by atoms with E-state index in [0.717, 1.165) is 10.9 Å². The van der Waals surface area contributed by atoms with Gasteiger partial charge >= 0.3 is 5.97 Å². The average Bonchev–Trinajstić information content (AvgIpc) is 3.15. The second-order valence-corrected chi connectivity index (χ2v) is 8.20. The number of carbonyl (C=O) groups is 1. The van der Waals surface area contributed by atoms with Crippen LogP contribution in [0.4, 0.5) is 0 Å². The van der Waals surface area contributed by atoms with E-state index in [9.17, 15) is 19.8 Å². The first-order chi connectivity index (χ1) is 15.3. The molecule has 0 fully saturated rings. The van der Waals surface area contributed by atoms with Crippen molar-refractivity contribution in [2.24, 2.45) is 0 Å². The van der Waals surface area contributed by atoms with Crippen molar-refractivity contribution < 1.29 is 24.6 Å². The molecule has 0 aliphatic carbocycles. The molecule has 166 valence electrons. The molecule has 0 spiro atoms. The largest absolute Gasteiger partial charge is 0.508 e. The molecule has 2 aromatic heterocycles. The Labute approximate surface area is 183 Å². The van der Waals surface area contributed by atoms with Crippen LogP contribution in [-0.2, 0) is 39.7 Å². The van der Waals surface area contributed by atoms with Gasteiger partial charge in [-0.25, -0.2) is 9.78 Å². The van der Waals surface area contributed by atoms with E-state index in [0.29, 0.717) is 35.6 Å². The van der Waals surface area contributed by atoms with Crippen molar-refractivity contribution in [2.75, 3.05) is 14.2 Å². The molecule has 0 saturated heterocycles. The van der Waals surface area contributed by atoms with Crippen molar-refractivity contribution in [2.45, 2.75) is 38.6 Å². The number of benzene rings is 1. The molecule has 4 heterocycles. The minimum Gasteiger partial charge on any atom is -0.508 e. The molecule has 0 saturated carbocycles. The number of phenolic OH excluding ortho intramolecular Hbond substituents is 1. The molecule has 1 atom stereocenters. The fourth-order valence-electron chi connectivity index (χ4n) is 4.55. The van der Waals surface area contributed by atoms with Crippen molar-refractivity contribution in [3.05, 3.63) is 56.9 Å². The van der Waals surface area contributed by atoms with Crippen LogP contribution in [0.5, 0.6) is 5.75 Å². The number of aliphatic hydroxyl groups is 1. The first-order valence-electron chi connectivity index (χ1n) is 10.3. The molecule has 32 heavy (non-hydrogen) atoms. The standard InChI is InChI=1S/C23H23N3O6/c1-4-23(30)16-8-18-20-12(9-26(18)21(28)15(16)11-32-22(23)29)7-13-14(10-25(2)31-3)19(27)6-5-17(13)24-20/h5-8,27,30H,4,9-11H2,1-3H3/t23-/m0/s1. The molecule has 0 bridgehead atoms. The fourth-order valence-corrected chi connectivity index (χ4v) is 4.55. The van der Waals surface area contributed by atoms with Crippen LogP contribution < -0.4 is 5.56 Å². The van der Waals surface area contributed by atoms with Crippen LogP contribution >= 0.6 is 0 Å². The van der Waals surface area contributed by atoms with Gasteiger partial charge in [0.2, 0.25) is 0 Å². The number of rotatable bonds is 4. The summed E-state index contributed by atoms with van der Waals surface area (Å²) in [5.41, 5.74) is 1.73. The quantitative estimate of drug-likeness (QED) is 0.367. The van der Waals surface area contributed by atoms with Gasteiger partial charge in [-0.2, -0.15) is 5.06 Å². The highest BCUT2D eigenvalue weighted by molar-refractivity contribution is 5.89. The van der Waals surface area contributed by atoms with Crippen LogP contribution in [0.3, 0.4) is 0 Å². The lowest BCUT2D eigenvalue weighted by Gasteiger charge is -2.31. The number of nitrogens with zero attached hydrogens (tertiary/aromatic N) is 3. The van der Waals surface area contributed by atoms with Crippen LogP contribution in [0.2, 0.25) is 0 Å². The van der Waals surface area contributed by atoms with Gasteiger partial charge < -0.3 is 24.4 Å². The summed E-state index contributed by atoms with van der Waals surface area (Å²) < 4.78 is 6.69. The van der Waals surface area contributed by atoms with Gasteiger partial charge in [-0.3, -0.25) is 4.79 Å². The molecule has 2 aliphatic heterocycles. The predicted octanol–water partition coefficient (Wildman–Crippen LogP) is 1.78. The van der Waals surface area contributed by atoms with Crippen LogP contribution in [0.25, 0.3) is 22.3 Å². The number of hydrogen-bond donors (Lipinski definition) is 2. The second-order valence-electron chi connectivity index (χ2n) is 8.20. The van der Waals surface area contributed by atoms with E-state index in [1.807, 2.05) is 6.07 Å². The van der Waals surface area contributed by atoms with Crippen molar-refractivity contribution in [1.82, 2.24) is 14.6 Å². The highest BCUT2D eigenvalue weighted by Crippen LogP contribution is 2.39. The zero-order valence-corrected chi connectivity index (χ0v) is 18.0. The van der Waals surface area contributed by atoms with E-state index in [1.165, 1.54) is 0 Å². The molecule has 3 aromatic rings. The Hall–Kier alpha value is -3.27. The van der Waals surface area contributed by atoms with Crippen molar-refractivity contribution in [3.63, 3.8) is 0 Å². The Morgan fingerprint density at radius 1 is 1.31 bits per heavy atom. The number of esters is 1. The minimum absolute atomic E-state index is 0.0926. The summed E-state index contributed by atoms with van der Waals surface area (Å²) in [6.45, 7) is 2.16. The molecule has 0 radical (unpaired) electrons. The monoisotopic (exact) mass is 437 g/mol. The lowest BCUT2D eigenvalue weighted by molar-refractivity contribution is -0.172. The smallest absolute Gasteiger partial charge is 0.343 e. The van der Waals surface area contributed by atoms with Gasteiger partial charge in [0, 0.05) is 29.1 Å². The van der Waals surface area contributed by atoms with E-state index in [1.54, 1.807) is 48.9 Å². The molecule has 0 amide bonds. The molecule has 9 heteroatoms. The molecule has 2 N–H and O–H groups in total. The number of pyridine rings is 2. The number of aromatic hydroxyl groups is 1. The van der Waals surface area contributed by atoms with Crippen LogP contribution in [0, 0.1) is 0 Å². The number of phenols is 1. The molecule has 0 unspecified atom stereocenters. The van der Waals surface area contributed by atoms with Gasteiger partial charge in [-0.1, -0.05) is 6.92 Å². The predicted molar refractivity (Wildman–Crippen MR) is 115 cm³/mol. The molecular weight excluding hydrogens is 414 g/mol. The van der Waals surface area contributed by atoms with Gasteiger partial charge in [0.15, 0.2) is 5.60 Å². The van der Waals surface area contributed by atoms with E-state index in [-0.39, 0.29) is 35.5 Å². The SMILES string of the molecule is CC[C@@]1(O)C(=O)OCc2c1cc1n(c2=O)Cc2cc3c(CN(C)OC)c(O)ccc3nc2-1. The van der Waals surface area contributed by atoms with E-state index < -0.39 is 11.6 Å². The number of hydrogen-bond acceptors (Lipinski definition) is 8. The van der Waals surface area contributed by atoms with E-state index in [2.05, 4.69) is 0 Å². The normalized spacial score (nSPS) is 19.1. The van der Waals surface area contributed by atoms with Crippen molar-refractivity contribution in [1.29, 1.82) is 0 Å². The number of ether oxygens (including phenoxy) is 1. The third-order valence-corrected chi connectivity index (χ3v) is 6.47.